The molecule has 2 heterocycles. The molecule has 7 heteroatoms. The van der Waals surface area contributed by atoms with E-state index in [0.29, 0.717) is 30.4 Å². The average molecular weight is 318 g/mol. The summed E-state index contributed by atoms with van der Waals surface area (Å²) in [4.78, 5) is 34.0. The Labute approximate surface area is 135 Å². The number of aryl methyl sites for hydroxylation is 1. The summed E-state index contributed by atoms with van der Waals surface area (Å²) in [6, 6.07) is -0.267. The summed E-state index contributed by atoms with van der Waals surface area (Å²) in [5.41, 5.74) is 1.54. The number of aromatic nitrogens is 2. The van der Waals surface area contributed by atoms with Crippen LogP contribution in [0.1, 0.15) is 43.6 Å². The molecule has 0 radical (unpaired) electrons. The first-order valence-electron chi connectivity index (χ1n) is 8.06. The van der Waals surface area contributed by atoms with Crippen LogP contribution in [0.4, 0.5) is 10.5 Å². The van der Waals surface area contributed by atoms with Crippen molar-refractivity contribution < 1.29 is 14.7 Å². The summed E-state index contributed by atoms with van der Waals surface area (Å²) in [5, 5.41) is 12.1. The zero-order chi connectivity index (χ0) is 16.6. The van der Waals surface area contributed by atoms with Crippen molar-refractivity contribution in [2.24, 2.45) is 11.8 Å². The van der Waals surface area contributed by atoms with E-state index in [1.165, 1.54) is 0 Å². The van der Waals surface area contributed by atoms with Gasteiger partial charge in [0.15, 0.2) is 0 Å². The molecule has 2 fully saturated rings. The van der Waals surface area contributed by atoms with Crippen LogP contribution in [-0.2, 0) is 4.79 Å². The van der Waals surface area contributed by atoms with E-state index in [1.54, 1.807) is 11.1 Å². The summed E-state index contributed by atoms with van der Waals surface area (Å²) in [6.45, 7) is 4.62. The van der Waals surface area contributed by atoms with E-state index in [-0.39, 0.29) is 18.5 Å². The summed E-state index contributed by atoms with van der Waals surface area (Å²) < 4.78 is 0. The van der Waals surface area contributed by atoms with Crippen LogP contribution in [0.5, 0.6) is 0 Å². The van der Waals surface area contributed by atoms with Gasteiger partial charge in [-0.3, -0.25) is 4.79 Å². The van der Waals surface area contributed by atoms with Crippen LogP contribution in [0.3, 0.4) is 0 Å². The maximum atomic E-state index is 12.5. The molecule has 1 aliphatic heterocycles. The van der Waals surface area contributed by atoms with Crippen LogP contribution in [-0.4, -0.2) is 45.1 Å². The van der Waals surface area contributed by atoms with Crippen molar-refractivity contribution in [2.45, 2.75) is 39.0 Å². The van der Waals surface area contributed by atoms with Crippen LogP contribution in [0.25, 0.3) is 0 Å². The van der Waals surface area contributed by atoms with E-state index >= 15 is 0 Å². The second-order valence-electron chi connectivity index (χ2n) is 6.70. The molecule has 2 amide bonds. The average Bonchev–Trinajstić information content (AvgIpc) is 3.33. The lowest BCUT2D eigenvalue weighted by Crippen LogP contribution is -2.47. The second kappa shape index (κ2) is 6.14. The van der Waals surface area contributed by atoms with Gasteiger partial charge in [0.05, 0.1) is 23.5 Å². The quantitative estimate of drug-likeness (QED) is 0.891. The highest BCUT2D eigenvalue weighted by Gasteiger charge is 2.33. The number of carbonyl (C=O) groups excluding carboxylic acids is 1. The van der Waals surface area contributed by atoms with Crippen LogP contribution < -0.4 is 5.32 Å². The molecular formula is C16H22N4O3. The molecule has 1 saturated heterocycles. The topological polar surface area (TPSA) is 95.4 Å². The minimum absolute atomic E-state index is 0.174. The van der Waals surface area contributed by atoms with Crippen LogP contribution >= 0.6 is 0 Å². The number of hydrogen-bond acceptors (Lipinski definition) is 4. The van der Waals surface area contributed by atoms with E-state index in [9.17, 15) is 14.7 Å². The van der Waals surface area contributed by atoms with Gasteiger partial charge in [0.2, 0.25) is 0 Å². The SMILES string of the molecule is Cc1ncc(NC(=O)N2CC(C)CC(C(=O)O)C2)c(C2CC2)n1. The molecule has 0 bridgehead atoms. The van der Waals surface area contributed by atoms with E-state index < -0.39 is 11.9 Å². The van der Waals surface area contributed by atoms with Gasteiger partial charge in [-0.25, -0.2) is 14.8 Å². The van der Waals surface area contributed by atoms with Crippen molar-refractivity contribution in [2.75, 3.05) is 18.4 Å². The molecule has 7 nitrogen and oxygen atoms in total. The number of urea groups is 1. The minimum Gasteiger partial charge on any atom is -0.481 e. The Hall–Kier alpha value is -2.18. The summed E-state index contributed by atoms with van der Waals surface area (Å²) >= 11 is 0. The zero-order valence-corrected chi connectivity index (χ0v) is 13.5. The third kappa shape index (κ3) is 3.60. The first-order valence-corrected chi connectivity index (χ1v) is 8.06. The maximum absolute atomic E-state index is 12.5. The van der Waals surface area contributed by atoms with E-state index in [4.69, 9.17) is 0 Å². The van der Waals surface area contributed by atoms with E-state index in [1.807, 2.05) is 13.8 Å². The van der Waals surface area contributed by atoms with Crippen molar-refractivity contribution in [3.63, 3.8) is 0 Å². The molecule has 1 saturated carbocycles. The number of piperidine rings is 1. The van der Waals surface area contributed by atoms with Gasteiger partial charge in [-0.15, -0.1) is 0 Å². The Kier molecular flexibility index (Phi) is 4.19. The molecule has 2 atom stereocenters. The van der Waals surface area contributed by atoms with Gasteiger partial charge in [-0.05, 0) is 32.1 Å². The lowest BCUT2D eigenvalue weighted by molar-refractivity contribution is -0.143. The molecule has 2 aliphatic rings. The Bertz CT molecular complexity index is 630. The Balaban J connectivity index is 1.73. The number of anilines is 1. The fourth-order valence-corrected chi connectivity index (χ4v) is 3.14. The first kappa shape index (κ1) is 15.7. The van der Waals surface area contributed by atoms with Crippen molar-refractivity contribution in [1.29, 1.82) is 0 Å². The van der Waals surface area contributed by atoms with E-state index in [2.05, 4.69) is 15.3 Å². The van der Waals surface area contributed by atoms with Crippen LogP contribution in [0, 0.1) is 18.8 Å². The fourth-order valence-electron chi connectivity index (χ4n) is 3.14. The van der Waals surface area contributed by atoms with Gasteiger partial charge in [-0.2, -0.15) is 0 Å². The smallest absolute Gasteiger partial charge is 0.321 e. The molecular weight excluding hydrogens is 296 g/mol. The summed E-state index contributed by atoms with van der Waals surface area (Å²) in [6.07, 6.45) is 4.43. The van der Waals surface area contributed by atoms with Crippen molar-refractivity contribution in [3.05, 3.63) is 17.7 Å². The van der Waals surface area contributed by atoms with Gasteiger partial charge in [0.1, 0.15) is 5.82 Å². The first-order chi connectivity index (χ1) is 10.9. The summed E-state index contributed by atoms with van der Waals surface area (Å²) in [5.74, 6) is -0.0670. The normalized spacial score (nSPS) is 24.3. The van der Waals surface area contributed by atoms with Crippen molar-refractivity contribution in [3.8, 4) is 0 Å². The lowest BCUT2D eigenvalue weighted by Gasteiger charge is -2.34. The molecule has 23 heavy (non-hydrogen) atoms. The molecule has 2 N–H and O–H groups in total. The number of likely N-dealkylation sites (tertiary alicyclic amines) is 1. The lowest BCUT2D eigenvalue weighted by atomic mass is 9.91. The van der Waals surface area contributed by atoms with Crippen molar-refractivity contribution in [1.82, 2.24) is 14.9 Å². The molecule has 1 aromatic rings. The number of carboxylic acids is 1. The van der Waals surface area contributed by atoms with Gasteiger partial charge in [-0.1, -0.05) is 6.92 Å². The Morgan fingerprint density at radius 3 is 2.74 bits per heavy atom. The third-order valence-electron chi connectivity index (χ3n) is 4.44. The molecule has 2 unspecified atom stereocenters. The Morgan fingerprint density at radius 1 is 1.35 bits per heavy atom. The zero-order valence-electron chi connectivity index (χ0n) is 13.5. The van der Waals surface area contributed by atoms with Crippen LogP contribution in [0.2, 0.25) is 0 Å². The highest BCUT2D eigenvalue weighted by Crippen LogP contribution is 2.42. The largest absolute Gasteiger partial charge is 0.481 e. The highest BCUT2D eigenvalue weighted by molar-refractivity contribution is 5.90. The highest BCUT2D eigenvalue weighted by atomic mass is 16.4. The van der Waals surface area contributed by atoms with Gasteiger partial charge < -0.3 is 15.3 Å². The number of carbonyl (C=O) groups is 2. The number of amides is 2. The van der Waals surface area contributed by atoms with Crippen LogP contribution in [0.15, 0.2) is 6.20 Å². The molecule has 1 aromatic heterocycles. The number of nitrogens with zero attached hydrogens (tertiary/aromatic N) is 3. The fraction of sp³-hybridized carbons (Fsp3) is 0.625. The van der Waals surface area contributed by atoms with Gasteiger partial charge in [0, 0.05) is 19.0 Å². The number of hydrogen-bond donors (Lipinski definition) is 2. The number of aliphatic carboxylic acids is 1. The molecule has 124 valence electrons. The predicted octanol–water partition coefficient (Wildman–Crippen LogP) is 2.24. The third-order valence-corrected chi connectivity index (χ3v) is 4.44. The Morgan fingerprint density at radius 2 is 2.09 bits per heavy atom. The predicted molar refractivity (Wildman–Crippen MR) is 84.2 cm³/mol. The second-order valence-corrected chi connectivity index (χ2v) is 6.70. The number of rotatable bonds is 3. The molecule has 3 rings (SSSR count). The summed E-state index contributed by atoms with van der Waals surface area (Å²) in [7, 11) is 0. The van der Waals surface area contributed by atoms with Gasteiger partial charge >= 0.3 is 12.0 Å². The number of nitrogens with one attached hydrogen (secondary N) is 1. The van der Waals surface area contributed by atoms with Crippen molar-refractivity contribution >= 4 is 17.7 Å². The molecule has 1 aliphatic carbocycles. The molecule has 0 spiro atoms. The standard InChI is InChI=1S/C16H22N4O3/c1-9-5-12(15(21)22)8-20(7-9)16(23)19-13-6-17-10(2)18-14(13)11-3-4-11/h6,9,11-12H,3-5,7-8H2,1-2H3,(H,19,23)(H,21,22). The monoisotopic (exact) mass is 318 g/mol. The van der Waals surface area contributed by atoms with E-state index in [0.717, 1.165) is 18.5 Å². The molecule has 0 aromatic carbocycles. The van der Waals surface area contributed by atoms with Gasteiger partial charge in [0.25, 0.3) is 0 Å². The number of carboxylic acid groups (broad SMARTS) is 1. The minimum atomic E-state index is -0.841. The maximum Gasteiger partial charge on any atom is 0.321 e.